The molecule has 0 bridgehead atoms. The fourth-order valence-corrected chi connectivity index (χ4v) is 2.40. The molecule has 8 nitrogen and oxygen atoms in total. The summed E-state index contributed by atoms with van der Waals surface area (Å²) in [5.41, 5.74) is 0.694. The molecule has 2 aromatic rings. The van der Waals surface area contributed by atoms with Crippen LogP contribution in [0, 0.1) is 0 Å². The second-order valence-corrected chi connectivity index (χ2v) is 5.17. The summed E-state index contributed by atoms with van der Waals surface area (Å²) in [5, 5.41) is 6.60. The molecule has 1 amide bonds. The SMILES string of the molecule is COc1ccc(OC)c(NC(=O)c2cc(N3CCOCC3)on2)c1. The van der Waals surface area contributed by atoms with Crippen LogP contribution in [-0.2, 0) is 4.74 Å². The van der Waals surface area contributed by atoms with Gasteiger partial charge in [0, 0.05) is 25.2 Å². The molecule has 3 rings (SSSR count). The monoisotopic (exact) mass is 333 g/mol. The second kappa shape index (κ2) is 7.22. The lowest BCUT2D eigenvalue weighted by Gasteiger charge is -2.25. The number of rotatable bonds is 5. The number of aromatic nitrogens is 1. The number of nitrogens with zero attached hydrogens (tertiary/aromatic N) is 2. The van der Waals surface area contributed by atoms with Crippen LogP contribution in [0.1, 0.15) is 10.5 Å². The van der Waals surface area contributed by atoms with Gasteiger partial charge < -0.3 is 29.0 Å². The molecule has 0 unspecified atom stereocenters. The van der Waals surface area contributed by atoms with Crippen LogP contribution in [0.25, 0.3) is 0 Å². The number of methoxy groups -OCH3 is 2. The maximum absolute atomic E-state index is 12.4. The van der Waals surface area contributed by atoms with Crippen LogP contribution in [0.4, 0.5) is 11.6 Å². The molecule has 1 aromatic heterocycles. The zero-order valence-electron chi connectivity index (χ0n) is 13.6. The predicted octanol–water partition coefficient (Wildman–Crippen LogP) is 1.78. The Morgan fingerprint density at radius 3 is 2.71 bits per heavy atom. The summed E-state index contributed by atoms with van der Waals surface area (Å²) in [5.74, 6) is 1.31. The van der Waals surface area contributed by atoms with E-state index in [0.717, 1.165) is 0 Å². The molecular weight excluding hydrogens is 314 g/mol. The van der Waals surface area contributed by atoms with E-state index >= 15 is 0 Å². The minimum atomic E-state index is -0.384. The molecule has 24 heavy (non-hydrogen) atoms. The van der Waals surface area contributed by atoms with E-state index in [1.807, 2.05) is 4.90 Å². The Morgan fingerprint density at radius 1 is 1.21 bits per heavy atom. The molecule has 1 aliphatic rings. The van der Waals surface area contributed by atoms with E-state index in [2.05, 4.69) is 10.5 Å². The second-order valence-electron chi connectivity index (χ2n) is 5.17. The van der Waals surface area contributed by atoms with Crippen LogP contribution in [0.3, 0.4) is 0 Å². The van der Waals surface area contributed by atoms with Crippen LogP contribution in [0.5, 0.6) is 11.5 Å². The molecule has 0 aliphatic carbocycles. The Bertz CT molecular complexity index is 709. The molecule has 0 radical (unpaired) electrons. The topological polar surface area (TPSA) is 86.1 Å². The average molecular weight is 333 g/mol. The van der Waals surface area contributed by atoms with Gasteiger partial charge in [0.1, 0.15) is 11.5 Å². The summed E-state index contributed by atoms with van der Waals surface area (Å²) in [4.78, 5) is 14.4. The van der Waals surface area contributed by atoms with Crippen molar-refractivity contribution in [3.8, 4) is 11.5 Å². The number of hydrogen-bond acceptors (Lipinski definition) is 7. The van der Waals surface area contributed by atoms with Gasteiger partial charge in [0.05, 0.1) is 33.1 Å². The zero-order chi connectivity index (χ0) is 16.9. The summed E-state index contributed by atoms with van der Waals surface area (Å²) >= 11 is 0. The van der Waals surface area contributed by atoms with Crippen molar-refractivity contribution in [1.82, 2.24) is 5.16 Å². The standard InChI is InChI=1S/C16H19N3O5/c1-21-11-3-4-14(22-2)12(9-11)17-16(20)13-10-15(24-18-13)19-5-7-23-8-6-19/h3-4,9-10H,5-8H2,1-2H3,(H,17,20). The Hall–Kier alpha value is -2.74. The van der Waals surface area contributed by atoms with Crippen molar-refractivity contribution < 1.29 is 23.5 Å². The predicted molar refractivity (Wildman–Crippen MR) is 87.0 cm³/mol. The van der Waals surface area contributed by atoms with Crippen molar-refractivity contribution in [3.63, 3.8) is 0 Å². The number of benzene rings is 1. The Labute approximate surface area is 139 Å². The van der Waals surface area contributed by atoms with E-state index in [1.54, 1.807) is 31.4 Å². The van der Waals surface area contributed by atoms with Gasteiger partial charge in [-0.25, -0.2) is 0 Å². The smallest absolute Gasteiger partial charge is 0.278 e. The normalized spacial score (nSPS) is 14.3. The van der Waals surface area contributed by atoms with Gasteiger partial charge in [-0.15, -0.1) is 0 Å². The fourth-order valence-electron chi connectivity index (χ4n) is 2.40. The van der Waals surface area contributed by atoms with Crippen molar-refractivity contribution in [1.29, 1.82) is 0 Å². The zero-order valence-corrected chi connectivity index (χ0v) is 13.6. The fraction of sp³-hybridized carbons (Fsp3) is 0.375. The molecule has 8 heteroatoms. The summed E-state index contributed by atoms with van der Waals surface area (Å²) in [6, 6.07) is 6.77. The van der Waals surface area contributed by atoms with Gasteiger partial charge in [-0.2, -0.15) is 0 Å². The maximum atomic E-state index is 12.4. The van der Waals surface area contributed by atoms with Crippen molar-refractivity contribution in [2.75, 3.05) is 50.7 Å². The first kappa shape index (κ1) is 16.1. The van der Waals surface area contributed by atoms with E-state index < -0.39 is 0 Å². The van der Waals surface area contributed by atoms with Crippen molar-refractivity contribution in [2.24, 2.45) is 0 Å². The van der Waals surface area contributed by atoms with Crippen LogP contribution in [0.15, 0.2) is 28.8 Å². The lowest BCUT2D eigenvalue weighted by molar-refractivity contribution is 0.101. The number of morpholine rings is 1. The summed E-state index contributed by atoms with van der Waals surface area (Å²) in [6.07, 6.45) is 0. The minimum Gasteiger partial charge on any atom is -0.497 e. The molecule has 1 fully saturated rings. The number of anilines is 2. The third kappa shape index (κ3) is 3.43. The molecule has 0 saturated carbocycles. The highest BCUT2D eigenvalue weighted by atomic mass is 16.5. The average Bonchev–Trinajstić information content (AvgIpc) is 3.12. The molecule has 2 heterocycles. The van der Waals surface area contributed by atoms with E-state index in [4.69, 9.17) is 18.7 Å². The maximum Gasteiger partial charge on any atom is 0.278 e. The largest absolute Gasteiger partial charge is 0.497 e. The Morgan fingerprint density at radius 2 is 2.00 bits per heavy atom. The molecule has 1 saturated heterocycles. The van der Waals surface area contributed by atoms with Gasteiger partial charge in [-0.3, -0.25) is 4.79 Å². The number of carbonyl (C=O) groups is 1. The third-order valence-electron chi connectivity index (χ3n) is 3.71. The van der Waals surface area contributed by atoms with Gasteiger partial charge >= 0.3 is 0 Å². The Balaban J connectivity index is 1.74. The van der Waals surface area contributed by atoms with Gasteiger partial charge in [0.2, 0.25) is 5.88 Å². The molecule has 0 atom stereocenters. The first-order valence-electron chi connectivity index (χ1n) is 7.54. The number of amides is 1. The quantitative estimate of drug-likeness (QED) is 0.892. The highest BCUT2D eigenvalue weighted by molar-refractivity contribution is 6.04. The van der Waals surface area contributed by atoms with Crippen LogP contribution < -0.4 is 19.7 Å². The molecule has 1 N–H and O–H groups in total. The van der Waals surface area contributed by atoms with E-state index in [9.17, 15) is 4.79 Å². The molecule has 1 aliphatic heterocycles. The number of carbonyl (C=O) groups excluding carboxylic acids is 1. The number of hydrogen-bond donors (Lipinski definition) is 1. The van der Waals surface area contributed by atoms with Crippen molar-refractivity contribution >= 4 is 17.5 Å². The summed E-state index contributed by atoms with van der Waals surface area (Å²) < 4.78 is 21.0. The molecule has 128 valence electrons. The lowest BCUT2D eigenvalue weighted by atomic mass is 10.2. The summed E-state index contributed by atoms with van der Waals surface area (Å²) in [7, 11) is 3.09. The number of nitrogens with one attached hydrogen (secondary N) is 1. The van der Waals surface area contributed by atoms with Gasteiger partial charge in [0.15, 0.2) is 5.69 Å². The van der Waals surface area contributed by atoms with Gasteiger partial charge in [-0.05, 0) is 12.1 Å². The van der Waals surface area contributed by atoms with E-state index in [-0.39, 0.29) is 11.6 Å². The number of ether oxygens (including phenoxy) is 3. The van der Waals surface area contributed by atoms with Crippen LogP contribution >= 0.6 is 0 Å². The van der Waals surface area contributed by atoms with Crippen LogP contribution in [0.2, 0.25) is 0 Å². The van der Waals surface area contributed by atoms with Crippen LogP contribution in [-0.4, -0.2) is 51.6 Å². The first-order chi connectivity index (χ1) is 11.7. The van der Waals surface area contributed by atoms with E-state index in [0.29, 0.717) is 49.4 Å². The van der Waals surface area contributed by atoms with Crippen molar-refractivity contribution in [2.45, 2.75) is 0 Å². The highest BCUT2D eigenvalue weighted by Gasteiger charge is 2.20. The third-order valence-corrected chi connectivity index (χ3v) is 3.71. The molecule has 1 aromatic carbocycles. The van der Waals surface area contributed by atoms with E-state index in [1.165, 1.54) is 7.11 Å². The van der Waals surface area contributed by atoms with Gasteiger partial charge in [0.25, 0.3) is 5.91 Å². The van der Waals surface area contributed by atoms with Crippen molar-refractivity contribution in [3.05, 3.63) is 30.0 Å². The minimum absolute atomic E-state index is 0.196. The lowest BCUT2D eigenvalue weighted by Crippen LogP contribution is -2.35. The summed E-state index contributed by atoms with van der Waals surface area (Å²) in [6.45, 7) is 2.67. The molecule has 0 spiro atoms. The van der Waals surface area contributed by atoms with Gasteiger partial charge in [-0.1, -0.05) is 5.16 Å². The first-order valence-corrected chi connectivity index (χ1v) is 7.54. The Kier molecular flexibility index (Phi) is 4.85. The highest BCUT2D eigenvalue weighted by Crippen LogP contribution is 2.29. The molecular formula is C16H19N3O5.